The molecule has 0 saturated heterocycles. The first-order chi connectivity index (χ1) is 8.74. The van der Waals surface area contributed by atoms with Gasteiger partial charge >= 0.3 is 7.60 Å². The molecule has 1 aromatic rings. The van der Waals surface area contributed by atoms with Gasteiger partial charge in [0, 0.05) is 12.1 Å². The van der Waals surface area contributed by atoms with Gasteiger partial charge in [0.05, 0.1) is 22.4 Å². The number of non-ortho nitro benzene ring substituents is 1. The van der Waals surface area contributed by atoms with Crippen molar-refractivity contribution in [1.82, 2.24) is 0 Å². The van der Waals surface area contributed by atoms with Gasteiger partial charge in [-0.25, -0.2) is 0 Å². The van der Waals surface area contributed by atoms with E-state index in [2.05, 4.69) is 0 Å². The van der Waals surface area contributed by atoms with Crippen LogP contribution in [0.2, 0.25) is 0 Å². The van der Waals surface area contributed by atoms with Crippen molar-refractivity contribution in [3.63, 3.8) is 0 Å². The lowest BCUT2D eigenvalue weighted by atomic mass is 10.3. The van der Waals surface area contributed by atoms with Gasteiger partial charge in [-0.2, -0.15) is 0 Å². The third-order valence-corrected chi connectivity index (χ3v) is 4.40. The number of rotatable bonds is 6. The molecule has 0 aromatic heterocycles. The summed E-state index contributed by atoms with van der Waals surface area (Å²) in [7, 11) is -3.46. The van der Waals surface area contributed by atoms with Crippen molar-refractivity contribution in [2.24, 2.45) is 0 Å². The second-order valence-electron chi connectivity index (χ2n) is 4.58. The molecule has 0 N–H and O–H groups in total. The summed E-state index contributed by atoms with van der Waals surface area (Å²) in [5, 5.41) is 10.9. The number of hydrogen-bond donors (Lipinski definition) is 0. The summed E-state index contributed by atoms with van der Waals surface area (Å²) in [5.41, 5.74) is -0.0654. The number of hydrogen-bond acceptors (Lipinski definition) is 5. The molecule has 0 saturated carbocycles. The third kappa shape index (κ3) is 4.42. The van der Waals surface area contributed by atoms with E-state index in [4.69, 9.17) is 9.05 Å². The Morgan fingerprint density at radius 1 is 1.05 bits per heavy atom. The summed E-state index contributed by atoms with van der Waals surface area (Å²) >= 11 is 0. The van der Waals surface area contributed by atoms with Crippen LogP contribution >= 0.6 is 7.60 Å². The SMILES string of the molecule is CC(C)OP(=O)(OC(C)C)c1ccc([N+](=O)[O-])cc1. The van der Waals surface area contributed by atoms with E-state index in [0.29, 0.717) is 5.30 Å². The van der Waals surface area contributed by atoms with Gasteiger partial charge in [0.1, 0.15) is 0 Å². The second-order valence-corrected chi connectivity index (χ2v) is 6.51. The summed E-state index contributed by atoms with van der Waals surface area (Å²) < 4.78 is 23.5. The molecule has 0 unspecified atom stereocenters. The summed E-state index contributed by atoms with van der Waals surface area (Å²) in [5.74, 6) is 0. The highest BCUT2D eigenvalue weighted by atomic mass is 31.2. The van der Waals surface area contributed by atoms with E-state index < -0.39 is 12.5 Å². The summed E-state index contributed by atoms with van der Waals surface area (Å²) in [6, 6.07) is 5.39. The second kappa shape index (κ2) is 6.28. The molecule has 0 aliphatic heterocycles. The quantitative estimate of drug-likeness (QED) is 0.456. The highest BCUT2D eigenvalue weighted by Gasteiger charge is 2.30. The van der Waals surface area contributed by atoms with Crippen molar-refractivity contribution < 1.29 is 18.5 Å². The predicted octanol–water partition coefficient (Wildman–Crippen LogP) is 3.26. The van der Waals surface area contributed by atoms with Crippen LogP contribution in [0.1, 0.15) is 27.7 Å². The van der Waals surface area contributed by atoms with Crippen LogP contribution in [0.25, 0.3) is 0 Å². The molecule has 0 spiro atoms. The fraction of sp³-hybridized carbons (Fsp3) is 0.500. The zero-order valence-electron chi connectivity index (χ0n) is 11.4. The lowest BCUT2D eigenvalue weighted by Gasteiger charge is -2.22. The van der Waals surface area contributed by atoms with Crippen LogP contribution in [0.5, 0.6) is 0 Å². The highest BCUT2D eigenvalue weighted by molar-refractivity contribution is 7.62. The molecule has 0 aliphatic rings. The van der Waals surface area contributed by atoms with Crippen LogP contribution in [0.4, 0.5) is 5.69 Å². The fourth-order valence-electron chi connectivity index (χ4n) is 1.46. The lowest BCUT2D eigenvalue weighted by molar-refractivity contribution is -0.384. The maximum Gasteiger partial charge on any atom is 0.361 e. The van der Waals surface area contributed by atoms with E-state index in [0.717, 1.165) is 0 Å². The van der Waals surface area contributed by atoms with Crippen LogP contribution in [0, 0.1) is 10.1 Å². The molecular formula is C12H18NO5P. The van der Waals surface area contributed by atoms with E-state index in [-0.39, 0.29) is 17.9 Å². The zero-order valence-corrected chi connectivity index (χ0v) is 12.3. The molecule has 19 heavy (non-hydrogen) atoms. The van der Waals surface area contributed by atoms with Crippen LogP contribution in [0.3, 0.4) is 0 Å². The van der Waals surface area contributed by atoms with Crippen molar-refractivity contribution in [3.05, 3.63) is 34.4 Å². The van der Waals surface area contributed by atoms with Crippen molar-refractivity contribution >= 4 is 18.6 Å². The van der Waals surface area contributed by atoms with E-state index >= 15 is 0 Å². The van der Waals surface area contributed by atoms with Gasteiger partial charge in [0.25, 0.3) is 5.69 Å². The molecule has 0 fully saturated rings. The van der Waals surface area contributed by atoms with E-state index in [1.165, 1.54) is 24.3 Å². The minimum atomic E-state index is -3.46. The zero-order chi connectivity index (χ0) is 14.6. The smallest absolute Gasteiger partial charge is 0.302 e. The molecule has 0 amide bonds. The third-order valence-electron chi connectivity index (χ3n) is 2.08. The van der Waals surface area contributed by atoms with Crippen LogP contribution in [0.15, 0.2) is 24.3 Å². The van der Waals surface area contributed by atoms with Gasteiger partial charge in [-0.05, 0) is 39.8 Å². The highest BCUT2D eigenvalue weighted by Crippen LogP contribution is 2.49. The molecule has 106 valence electrons. The molecule has 1 rings (SSSR count). The Balaban J connectivity index is 3.10. The molecule has 6 nitrogen and oxygen atoms in total. The Bertz CT molecular complexity index is 469. The van der Waals surface area contributed by atoms with E-state index in [9.17, 15) is 14.7 Å². The topological polar surface area (TPSA) is 78.7 Å². The first-order valence-electron chi connectivity index (χ1n) is 5.96. The molecule has 0 radical (unpaired) electrons. The Morgan fingerprint density at radius 2 is 1.47 bits per heavy atom. The predicted molar refractivity (Wildman–Crippen MR) is 72.8 cm³/mol. The molecule has 0 atom stereocenters. The minimum Gasteiger partial charge on any atom is -0.302 e. The lowest BCUT2D eigenvalue weighted by Crippen LogP contribution is -2.16. The van der Waals surface area contributed by atoms with E-state index in [1.54, 1.807) is 27.7 Å². The normalized spacial score (nSPS) is 12.1. The summed E-state index contributed by atoms with van der Waals surface area (Å²) in [6.45, 7) is 7.01. The molecule has 1 aromatic carbocycles. The van der Waals surface area contributed by atoms with Gasteiger partial charge in [0.2, 0.25) is 0 Å². The maximum absolute atomic E-state index is 12.7. The Kier molecular flexibility index (Phi) is 5.23. The molecule has 7 heteroatoms. The maximum atomic E-state index is 12.7. The number of nitro benzene ring substituents is 1. The number of nitro groups is 1. The molecular weight excluding hydrogens is 269 g/mol. The Hall–Kier alpha value is -1.23. The fourth-order valence-corrected chi connectivity index (χ4v) is 3.38. The molecule has 0 aliphatic carbocycles. The summed E-state index contributed by atoms with van der Waals surface area (Å²) in [4.78, 5) is 10.1. The van der Waals surface area contributed by atoms with Gasteiger partial charge in [-0.1, -0.05) is 0 Å². The average Bonchev–Trinajstić information content (AvgIpc) is 2.26. The van der Waals surface area contributed by atoms with Gasteiger partial charge < -0.3 is 9.05 Å². The van der Waals surface area contributed by atoms with Crippen molar-refractivity contribution in [3.8, 4) is 0 Å². The number of benzene rings is 1. The largest absolute Gasteiger partial charge is 0.361 e. The van der Waals surface area contributed by atoms with Crippen LogP contribution < -0.4 is 5.30 Å². The first kappa shape index (κ1) is 15.8. The Morgan fingerprint density at radius 3 is 1.79 bits per heavy atom. The standard InChI is InChI=1S/C12H18NO5P/c1-9(2)17-19(16,18-10(3)4)12-7-5-11(6-8-12)13(14)15/h5-10H,1-4H3. The minimum absolute atomic E-state index is 0.0654. The Labute approximate surface area is 112 Å². The van der Waals surface area contributed by atoms with Gasteiger partial charge in [-0.15, -0.1) is 0 Å². The van der Waals surface area contributed by atoms with Gasteiger partial charge in [0.15, 0.2) is 0 Å². The summed E-state index contributed by atoms with van der Waals surface area (Å²) in [6.07, 6.45) is -0.556. The van der Waals surface area contributed by atoms with Crippen molar-refractivity contribution in [2.75, 3.05) is 0 Å². The van der Waals surface area contributed by atoms with Crippen molar-refractivity contribution in [2.45, 2.75) is 39.9 Å². The van der Waals surface area contributed by atoms with Crippen LogP contribution in [-0.4, -0.2) is 17.1 Å². The van der Waals surface area contributed by atoms with Crippen molar-refractivity contribution in [1.29, 1.82) is 0 Å². The number of nitrogens with zero attached hydrogens (tertiary/aromatic N) is 1. The average molecular weight is 287 g/mol. The van der Waals surface area contributed by atoms with Gasteiger partial charge in [-0.3, -0.25) is 14.7 Å². The molecule has 0 heterocycles. The van der Waals surface area contributed by atoms with E-state index in [1.807, 2.05) is 0 Å². The monoisotopic (exact) mass is 287 g/mol. The molecule has 0 bridgehead atoms. The first-order valence-corrected chi connectivity index (χ1v) is 7.50. The van der Waals surface area contributed by atoms with Crippen LogP contribution in [-0.2, 0) is 13.6 Å².